The van der Waals surface area contributed by atoms with Crippen LogP contribution in [-0.4, -0.2) is 18.6 Å². The molecule has 0 spiro atoms. The van der Waals surface area contributed by atoms with Gasteiger partial charge in [-0.2, -0.15) is 13.2 Å². The third-order valence-corrected chi connectivity index (χ3v) is 2.75. The number of ether oxygens (including phenoxy) is 1. The van der Waals surface area contributed by atoms with Gasteiger partial charge in [-0.25, -0.2) is 9.37 Å². The Labute approximate surface area is 112 Å². The summed E-state index contributed by atoms with van der Waals surface area (Å²) in [6.45, 7) is 2.11. The maximum atomic E-state index is 13.8. The highest BCUT2D eigenvalue weighted by Gasteiger charge is 2.34. The Morgan fingerprint density at radius 2 is 2.00 bits per heavy atom. The van der Waals surface area contributed by atoms with Crippen LogP contribution in [0.2, 0.25) is 0 Å². The van der Waals surface area contributed by atoms with E-state index in [-0.39, 0.29) is 22.3 Å². The van der Waals surface area contributed by atoms with Crippen LogP contribution in [0.15, 0.2) is 18.2 Å². The number of nitrogens with zero attached hydrogens (tertiary/aromatic N) is 1. The average molecular weight is 288 g/mol. The molecule has 0 aliphatic heterocycles. The Hall–Kier alpha value is -2.05. The topological polar surface area (TPSA) is 34.2 Å². The molecule has 108 valence electrons. The largest absolute Gasteiger partial charge is 0.496 e. The monoisotopic (exact) mass is 288 g/mol. The standard InChI is InChI=1S/C13H12F4N2O/c1-3-18-8-6-10(13(15,16)17)19-12-7(14)4-5-9(20-2)11(8)12/h4-6H,3H2,1-2H3,(H,18,19). The van der Waals surface area contributed by atoms with Gasteiger partial charge in [0.15, 0.2) is 0 Å². The van der Waals surface area contributed by atoms with E-state index in [9.17, 15) is 17.6 Å². The van der Waals surface area contributed by atoms with Gasteiger partial charge in [0.1, 0.15) is 22.8 Å². The van der Waals surface area contributed by atoms with Crippen LogP contribution in [0.5, 0.6) is 5.75 Å². The molecule has 0 amide bonds. The smallest absolute Gasteiger partial charge is 0.433 e. The number of benzene rings is 1. The van der Waals surface area contributed by atoms with Crippen molar-refractivity contribution in [3.05, 3.63) is 29.7 Å². The molecule has 0 saturated carbocycles. The van der Waals surface area contributed by atoms with E-state index in [4.69, 9.17) is 4.74 Å². The zero-order chi connectivity index (χ0) is 14.9. The molecule has 0 fully saturated rings. The molecule has 0 saturated heterocycles. The zero-order valence-corrected chi connectivity index (χ0v) is 10.8. The van der Waals surface area contributed by atoms with Gasteiger partial charge in [-0.1, -0.05) is 0 Å². The first kappa shape index (κ1) is 14.4. The molecule has 0 aliphatic rings. The van der Waals surface area contributed by atoms with Gasteiger partial charge in [0.2, 0.25) is 0 Å². The van der Waals surface area contributed by atoms with Crippen molar-refractivity contribution in [3.63, 3.8) is 0 Å². The fraction of sp³-hybridized carbons (Fsp3) is 0.308. The molecule has 2 aromatic rings. The zero-order valence-electron chi connectivity index (χ0n) is 10.8. The number of anilines is 1. The number of hydrogen-bond acceptors (Lipinski definition) is 3. The number of aromatic nitrogens is 1. The van der Waals surface area contributed by atoms with Crippen LogP contribution in [0, 0.1) is 5.82 Å². The van der Waals surface area contributed by atoms with E-state index in [0.717, 1.165) is 12.1 Å². The van der Waals surface area contributed by atoms with Crippen molar-refractivity contribution in [2.75, 3.05) is 19.0 Å². The first-order valence-corrected chi connectivity index (χ1v) is 5.86. The van der Waals surface area contributed by atoms with E-state index in [0.29, 0.717) is 6.54 Å². The summed E-state index contributed by atoms with van der Waals surface area (Å²) in [4.78, 5) is 3.38. The second kappa shape index (κ2) is 5.15. The summed E-state index contributed by atoms with van der Waals surface area (Å²) in [5.74, 6) is -0.565. The lowest BCUT2D eigenvalue weighted by Gasteiger charge is -2.15. The van der Waals surface area contributed by atoms with E-state index in [2.05, 4.69) is 10.3 Å². The molecule has 0 bridgehead atoms. The van der Waals surface area contributed by atoms with Crippen molar-refractivity contribution in [1.29, 1.82) is 0 Å². The number of hydrogen-bond donors (Lipinski definition) is 1. The fourth-order valence-corrected chi connectivity index (χ4v) is 1.92. The average Bonchev–Trinajstić information content (AvgIpc) is 2.39. The quantitative estimate of drug-likeness (QED) is 0.871. The number of rotatable bonds is 3. The number of halogens is 4. The molecule has 1 aromatic heterocycles. The lowest BCUT2D eigenvalue weighted by Crippen LogP contribution is -2.11. The predicted octanol–water partition coefficient (Wildman–Crippen LogP) is 3.83. The Bertz CT molecular complexity index is 640. The summed E-state index contributed by atoms with van der Waals surface area (Å²) in [5, 5.41) is 2.97. The van der Waals surface area contributed by atoms with Gasteiger partial charge in [0.25, 0.3) is 0 Å². The third-order valence-electron chi connectivity index (χ3n) is 2.75. The van der Waals surface area contributed by atoms with Crippen molar-refractivity contribution in [1.82, 2.24) is 4.98 Å². The van der Waals surface area contributed by atoms with Gasteiger partial charge in [0, 0.05) is 12.2 Å². The maximum Gasteiger partial charge on any atom is 0.433 e. The Kier molecular flexibility index (Phi) is 3.69. The first-order valence-electron chi connectivity index (χ1n) is 5.86. The van der Waals surface area contributed by atoms with E-state index in [1.54, 1.807) is 6.92 Å². The van der Waals surface area contributed by atoms with Crippen molar-refractivity contribution >= 4 is 16.6 Å². The van der Waals surface area contributed by atoms with Crippen LogP contribution in [0.3, 0.4) is 0 Å². The van der Waals surface area contributed by atoms with Crippen molar-refractivity contribution in [2.24, 2.45) is 0 Å². The van der Waals surface area contributed by atoms with Gasteiger partial charge in [-0.05, 0) is 25.1 Å². The Morgan fingerprint density at radius 1 is 1.30 bits per heavy atom. The van der Waals surface area contributed by atoms with Crippen LogP contribution in [0.4, 0.5) is 23.2 Å². The highest BCUT2D eigenvalue weighted by molar-refractivity contribution is 5.97. The second-order valence-corrected chi connectivity index (χ2v) is 4.06. The van der Waals surface area contributed by atoms with Crippen molar-refractivity contribution in [3.8, 4) is 5.75 Å². The molecule has 0 radical (unpaired) electrons. The van der Waals surface area contributed by atoms with Crippen LogP contribution < -0.4 is 10.1 Å². The highest BCUT2D eigenvalue weighted by Crippen LogP contribution is 2.37. The summed E-state index contributed by atoms with van der Waals surface area (Å²) in [6, 6.07) is 3.24. The molecule has 1 N–H and O–H groups in total. The van der Waals surface area contributed by atoms with Gasteiger partial charge in [0.05, 0.1) is 12.5 Å². The van der Waals surface area contributed by atoms with Crippen LogP contribution >= 0.6 is 0 Å². The molecule has 0 unspecified atom stereocenters. The minimum Gasteiger partial charge on any atom is -0.496 e. The van der Waals surface area contributed by atoms with E-state index in [1.165, 1.54) is 13.2 Å². The second-order valence-electron chi connectivity index (χ2n) is 4.06. The summed E-state index contributed by atoms with van der Waals surface area (Å²) in [7, 11) is 1.36. The normalized spacial score (nSPS) is 11.7. The molecule has 2 rings (SSSR count). The molecular weight excluding hydrogens is 276 g/mol. The van der Waals surface area contributed by atoms with Crippen LogP contribution in [-0.2, 0) is 6.18 Å². The van der Waals surface area contributed by atoms with Crippen LogP contribution in [0.25, 0.3) is 10.9 Å². The van der Waals surface area contributed by atoms with Gasteiger partial charge in [-0.3, -0.25) is 0 Å². The molecule has 1 heterocycles. The lowest BCUT2D eigenvalue weighted by molar-refractivity contribution is -0.140. The molecular formula is C13H12F4N2O. The molecule has 20 heavy (non-hydrogen) atoms. The van der Waals surface area contributed by atoms with Gasteiger partial charge < -0.3 is 10.1 Å². The third kappa shape index (κ3) is 2.48. The van der Waals surface area contributed by atoms with Crippen LogP contribution in [0.1, 0.15) is 12.6 Å². The summed E-state index contributed by atoms with van der Waals surface area (Å²) < 4.78 is 57.3. The first-order chi connectivity index (χ1) is 9.38. The minimum absolute atomic E-state index is 0.140. The van der Waals surface area contributed by atoms with Gasteiger partial charge in [-0.15, -0.1) is 0 Å². The molecule has 7 heteroatoms. The highest BCUT2D eigenvalue weighted by atomic mass is 19.4. The summed E-state index contributed by atoms with van der Waals surface area (Å²) in [5.41, 5.74) is -1.37. The van der Waals surface area contributed by atoms with E-state index in [1.807, 2.05) is 0 Å². The molecule has 3 nitrogen and oxygen atoms in total. The Balaban J connectivity index is 2.84. The minimum atomic E-state index is -4.64. The number of methoxy groups -OCH3 is 1. The SMILES string of the molecule is CCNc1cc(C(F)(F)F)nc2c(F)ccc(OC)c12. The summed E-state index contributed by atoms with van der Waals surface area (Å²) >= 11 is 0. The number of nitrogens with one attached hydrogen (secondary N) is 1. The number of fused-ring (bicyclic) bond motifs is 1. The molecule has 0 aliphatic carbocycles. The predicted molar refractivity (Wildman–Crippen MR) is 67.4 cm³/mol. The lowest BCUT2D eigenvalue weighted by atomic mass is 10.1. The van der Waals surface area contributed by atoms with Gasteiger partial charge >= 0.3 is 6.18 Å². The molecule has 0 atom stereocenters. The van der Waals surface area contributed by atoms with Crippen molar-refractivity contribution in [2.45, 2.75) is 13.1 Å². The van der Waals surface area contributed by atoms with E-state index >= 15 is 0 Å². The fourth-order valence-electron chi connectivity index (χ4n) is 1.92. The number of alkyl halides is 3. The maximum absolute atomic E-state index is 13.8. The molecule has 1 aromatic carbocycles. The Morgan fingerprint density at radius 3 is 2.55 bits per heavy atom. The van der Waals surface area contributed by atoms with Crippen molar-refractivity contribution < 1.29 is 22.3 Å². The summed E-state index contributed by atoms with van der Waals surface area (Å²) in [6.07, 6.45) is -4.64. The number of pyridine rings is 1. The van der Waals surface area contributed by atoms with E-state index < -0.39 is 17.7 Å².